The number of nitrogens with one attached hydrogen (secondary N) is 2. The molecule has 0 saturated heterocycles. The van der Waals surface area contributed by atoms with Crippen LogP contribution in [0.2, 0.25) is 0 Å². The number of carbonyl (C=O) groups is 1. The summed E-state index contributed by atoms with van der Waals surface area (Å²) in [6, 6.07) is 17.4. The van der Waals surface area contributed by atoms with Crippen molar-refractivity contribution in [2.45, 2.75) is 18.8 Å². The summed E-state index contributed by atoms with van der Waals surface area (Å²) >= 11 is 0. The van der Waals surface area contributed by atoms with E-state index in [1.165, 1.54) is 30.5 Å². The van der Waals surface area contributed by atoms with Crippen LogP contribution in [-0.4, -0.2) is 19.5 Å². The number of ether oxygens (including phenoxy) is 1. The molecule has 0 bridgehead atoms. The number of furan rings is 1. The third kappa shape index (κ3) is 3.52. The third-order valence-corrected chi connectivity index (χ3v) is 6.63. The SMILES string of the molecule is CNC(=O)c1c(-c2ccc(Oc3ccc(F)cc3)cc2)oc2cc3c(cc12)[C@@H]1C[C@@H]1CCN3. The number of hydrogen-bond acceptors (Lipinski definition) is 4. The molecule has 1 fully saturated rings. The van der Waals surface area contributed by atoms with Gasteiger partial charge < -0.3 is 19.8 Å². The van der Waals surface area contributed by atoms with Crippen molar-refractivity contribution in [3.8, 4) is 22.8 Å². The first-order valence-electron chi connectivity index (χ1n) is 11.2. The second-order valence-electron chi connectivity index (χ2n) is 8.72. The summed E-state index contributed by atoms with van der Waals surface area (Å²) in [5.74, 6) is 2.51. The molecule has 1 amide bonds. The largest absolute Gasteiger partial charge is 0.457 e. The van der Waals surface area contributed by atoms with E-state index in [-0.39, 0.29) is 11.7 Å². The maximum Gasteiger partial charge on any atom is 0.255 e. The first kappa shape index (κ1) is 19.9. The summed E-state index contributed by atoms with van der Waals surface area (Å²) in [6.07, 6.45) is 2.40. The van der Waals surface area contributed by atoms with E-state index in [1.807, 2.05) is 30.3 Å². The Morgan fingerprint density at radius 3 is 2.55 bits per heavy atom. The number of benzene rings is 3. The van der Waals surface area contributed by atoms with Crippen LogP contribution in [0.15, 0.2) is 65.1 Å². The van der Waals surface area contributed by atoms with Gasteiger partial charge in [-0.1, -0.05) is 0 Å². The molecular weight excluding hydrogens is 419 g/mol. The molecule has 6 heteroatoms. The standard InChI is InChI=1S/C27H23FN2O3/c1-29-27(31)25-22-13-21-20-12-16(20)10-11-30-23(21)14-24(22)33-26(25)15-2-6-18(7-3-15)32-19-8-4-17(28)5-9-19/h2-9,13-14,16,20,30H,10-12H2,1H3,(H,29,31)/t16-,20+/m0/s1. The lowest BCUT2D eigenvalue weighted by atomic mass is 10.00. The molecular formula is C27H23FN2O3. The highest BCUT2D eigenvalue weighted by atomic mass is 19.1. The fourth-order valence-corrected chi connectivity index (χ4v) is 4.83. The zero-order chi connectivity index (χ0) is 22.5. The summed E-state index contributed by atoms with van der Waals surface area (Å²) < 4.78 is 25.2. The van der Waals surface area contributed by atoms with Crippen LogP contribution in [0, 0.1) is 11.7 Å². The highest BCUT2D eigenvalue weighted by Gasteiger charge is 2.41. The molecule has 5 nitrogen and oxygen atoms in total. The molecule has 2 N–H and O–H groups in total. The van der Waals surface area contributed by atoms with E-state index >= 15 is 0 Å². The van der Waals surface area contributed by atoms with Crippen LogP contribution < -0.4 is 15.4 Å². The Morgan fingerprint density at radius 2 is 1.82 bits per heavy atom. The number of halogens is 1. The van der Waals surface area contributed by atoms with Gasteiger partial charge in [-0.05, 0) is 84.8 Å². The normalized spacial score (nSPS) is 18.6. The molecule has 1 aliphatic carbocycles. The number of fused-ring (bicyclic) bond motifs is 4. The quantitative estimate of drug-likeness (QED) is 0.389. The number of carbonyl (C=O) groups excluding carboxylic acids is 1. The molecule has 2 heterocycles. The van der Waals surface area contributed by atoms with E-state index in [1.54, 1.807) is 19.2 Å². The summed E-state index contributed by atoms with van der Waals surface area (Å²) in [5.41, 5.74) is 4.41. The Morgan fingerprint density at radius 1 is 1.09 bits per heavy atom. The van der Waals surface area contributed by atoms with Crippen molar-refractivity contribution in [3.63, 3.8) is 0 Å². The first-order valence-corrected chi connectivity index (χ1v) is 11.2. The predicted octanol–water partition coefficient (Wildman–Crippen LogP) is 6.31. The number of rotatable bonds is 4. The Bertz CT molecular complexity index is 1360. The average molecular weight is 442 g/mol. The summed E-state index contributed by atoms with van der Waals surface area (Å²) in [7, 11) is 1.63. The number of hydrogen-bond donors (Lipinski definition) is 2. The van der Waals surface area contributed by atoms with Gasteiger partial charge in [-0.15, -0.1) is 0 Å². The minimum absolute atomic E-state index is 0.177. The van der Waals surface area contributed by atoms with Gasteiger partial charge in [-0.2, -0.15) is 0 Å². The minimum Gasteiger partial charge on any atom is -0.457 e. The Balaban J connectivity index is 1.40. The summed E-state index contributed by atoms with van der Waals surface area (Å²) in [5, 5.41) is 7.12. The van der Waals surface area contributed by atoms with Gasteiger partial charge in [-0.3, -0.25) is 4.79 Å². The van der Waals surface area contributed by atoms with E-state index in [0.717, 1.165) is 29.1 Å². The highest BCUT2D eigenvalue weighted by molar-refractivity contribution is 6.11. The number of anilines is 1. The van der Waals surface area contributed by atoms with E-state index in [4.69, 9.17) is 9.15 Å². The molecule has 2 aliphatic rings. The van der Waals surface area contributed by atoms with Crippen molar-refractivity contribution >= 4 is 22.6 Å². The average Bonchev–Trinajstić information content (AvgIpc) is 3.53. The van der Waals surface area contributed by atoms with Crippen molar-refractivity contribution < 1.29 is 18.3 Å². The van der Waals surface area contributed by atoms with Gasteiger partial charge in [0.05, 0.1) is 5.56 Å². The van der Waals surface area contributed by atoms with Crippen LogP contribution in [0.25, 0.3) is 22.3 Å². The fraction of sp³-hybridized carbons (Fsp3) is 0.222. The van der Waals surface area contributed by atoms with Gasteiger partial charge in [0.15, 0.2) is 0 Å². The topological polar surface area (TPSA) is 63.5 Å². The Labute approximate surface area is 190 Å². The molecule has 6 rings (SSSR count). The van der Waals surface area contributed by atoms with Crippen LogP contribution in [0.3, 0.4) is 0 Å². The van der Waals surface area contributed by atoms with Crippen LogP contribution in [0.5, 0.6) is 11.5 Å². The van der Waals surface area contributed by atoms with Crippen LogP contribution in [0.1, 0.15) is 34.7 Å². The Kier molecular flexibility index (Phi) is 4.61. The summed E-state index contributed by atoms with van der Waals surface area (Å²) in [4.78, 5) is 12.9. The van der Waals surface area contributed by atoms with Crippen molar-refractivity contribution in [1.29, 1.82) is 0 Å². The van der Waals surface area contributed by atoms with Crippen LogP contribution in [0.4, 0.5) is 10.1 Å². The van der Waals surface area contributed by atoms with Gasteiger partial charge >= 0.3 is 0 Å². The smallest absolute Gasteiger partial charge is 0.255 e. The maximum absolute atomic E-state index is 13.1. The van der Waals surface area contributed by atoms with E-state index < -0.39 is 0 Å². The van der Waals surface area contributed by atoms with Crippen molar-refractivity contribution in [1.82, 2.24) is 5.32 Å². The van der Waals surface area contributed by atoms with Crippen LogP contribution in [-0.2, 0) is 0 Å². The molecule has 0 unspecified atom stereocenters. The minimum atomic E-state index is -0.311. The Hall–Kier alpha value is -3.80. The van der Waals surface area contributed by atoms with Gasteiger partial charge in [0.2, 0.25) is 0 Å². The molecule has 166 valence electrons. The molecule has 4 aromatic rings. The molecule has 1 aromatic heterocycles. The highest BCUT2D eigenvalue weighted by Crippen LogP contribution is 2.54. The summed E-state index contributed by atoms with van der Waals surface area (Å²) in [6.45, 7) is 0.963. The molecule has 3 aromatic carbocycles. The number of amides is 1. The monoisotopic (exact) mass is 442 g/mol. The molecule has 0 spiro atoms. The third-order valence-electron chi connectivity index (χ3n) is 6.63. The molecule has 33 heavy (non-hydrogen) atoms. The molecule has 2 atom stereocenters. The lowest BCUT2D eigenvalue weighted by molar-refractivity contribution is 0.0964. The lowest BCUT2D eigenvalue weighted by Crippen LogP contribution is -2.18. The van der Waals surface area contributed by atoms with Crippen molar-refractivity contribution in [2.75, 3.05) is 18.9 Å². The zero-order valence-electron chi connectivity index (χ0n) is 18.2. The second kappa shape index (κ2) is 7.66. The molecule has 1 saturated carbocycles. The lowest BCUT2D eigenvalue weighted by Gasteiger charge is -2.09. The van der Waals surface area contributed by atoms with E-state index in [9.17, 15) is 9.18 Å². The van der Waals surface area contributed by atoms with E-state index in [2.05, 4.69) is 16.7 Å². The molecule has 1 aliphatic heterocycles. The fourth-order valence-electron chi connectivity index (χ4n) is 4.83. The van der Waals surface area contributed by atoms with Gasteiger partial charge in [-0.25, -0.2) is 4.39 Å². The second-order valence-corrected chi connectivity index (χ2v) is 8.72. The van der Waals surface area contributed by atoms with E-state index in [0.29, 0.717) is 34.3 Å². The predicted molar refractivity (Wildman–Crippen MR) is 125 cm³/mol. The maximum atomic E-state index is 13.1. The van der Waals surface area contributed by atoms with Gasteiger partial charge in [0.25, 0.3) is 5.91 Å². The van der Waals surface area contributed by atoms with Crippen LogP contribution >= 0.6 is 0 Å². The first-order chi connectivity index (χ1) is 16.1. The van der Waals surface area contributed by atoms with Crippen molar-refractivity contribution in [3.05, 3.63) is 77.6 Å². The van der Waals surface area contributed by atoms with Crippen molar-refractivity contribution in [2.24, 2.45) is 5.92 Å². The zero-order valence-corrected chi connectivity index (χ0v) is 18.2. The van der Waals surface area contributed by atoms with Gasteiger partial charge in [0.1, 0.15) is 28.7 Å². The van der Waals surface area contributed by atoms with Gasteiger partial charge in [0, 0.05) is 36.3 Å². The molecule has 0 radical (unpaired) electrons.